The second-order valence-electron chi connectivity index (χ2n) is 11.1. The van der Waals surface area contributed by atoms with Gasteiger partial charge in [-0.15, -0.1) is 0 Å². The van der Waals surface area contributed by atoms with Crippen LogP contribution in [-0.2, 0) is 0 Å². The molecule has 0 spiro atoms. The summed E-state index contributed by atoms with van der Waals surface area (Å²) >= 11 is 0. The SMILES string of the molecule is c1ccc(-n2c3ccccc3c3cc4c5c6c7ccncc7n7ccnc7c6ccc5n(-c5ccccc5)c4cc32)cc1. The van der Waals surface area contributed by atoms with Gasteiger partial charge in [0, 0.05) is 67.7 Å². The van der Waals surface area contributed by atoms with E-state index in [2.05, 4.69) is 134 Å². The number of pyridine rings is 2. The third-order valence-corrected chi connectivity index (χ3v) is 8.96. The van der Waals surface area contributed by atoms with Crippen LogP contribution in [0.25, 0.3) is 82.3 Å². The molecule has 0 N–H and O–H groups in total. The number of aromatic nitrogens is 5. The molecule has 5 heterocycles. The lowest BCUT2D eigenvalue weighted by atomic mass is 10.00. The summed E-state index contributed by atoms with van der Waals surface area (Å²) in [5.74, 6) is 0. The van der Waals surface area contributed by atoms with Crippen LogP contribution in [0, 0.1) is 0 Å². The summed E-state index contributed by atoms with van der Waals surface area (Å²) in [4.78, 5) is 9.30. The number of hydrogen-bond donors (Lipinski definition) is 0. The molecule has 0 saturated heterocycles. The summed E-state index contributed by atoms with van der Waals surface area (Å²) in [5, 5.41) is 8.45. The highest BCUT2D eigenvalue weighted by Gasteiger charge is 2.22. The van der Waals surface area contributed by atoms with Gasteiger partial charge in [0.25, 0.3) is 0 Å². The number of nitrogens with zero attached hydrogens (tertiary/aromatic N) is 5. The Morgan fingerprint density at radius 2 is 1.16 bits per heavy atom. The number of fused-ring (bicyclic) bond motifs is 13. The lowest BCUT2D eigenvalue weighted by molar-refractivity contribution is 1.16. The number of imidazole rings is 1. The van der Waals surface area contributed by atoms with Crippen LogP contribution in [0.2, 0.25) is 0 Å². The van der Waals surface area contributed by atoms with Crippen LogP contribution in [0.5, 0.6) is 0 Å². The zero-order chi connectivity index (χ0) is 28.1. The molecule has 0 saturated carbocycles. The summed E-state index contributed by atoms with van der Waals surface area (Å²) < 4.78 is 6.96. The first kappa shape index (κ1) is 22.7. The van der Waals surface area contributed by atoms with E-state index in [-0.39, 0.29) is 0 Å². The van der Waals surface area contributed by atoms with E-state index in [1.54, 1.807) is 0 Å². The Bertz CT molecular complexity index is 2710. The minimum atomic E-state index is 0.944. The molecular formula is C38H23N5. The molecule has 10 aromatic rings. The van der Waals surface area contributed by atoms with Crippen molar-refractivity contribution in [1.29, 1.82) is 0 Å². The van der Waals surface area contributed by atoms with Gasteiger partial charge >= 0.3 is 0 Å². The van der Waals surface area contributed by atoms with E-state index in [1.807, 2.05) is 24.8 Å². The highest BCUT2D eigenvalue weighted by Crippen LogP contribution is 2.44. The predicted octanol–water partition coefficient (Wildman–Crippen LogP) is 9.23. The van der Waals surface area contributed by atoms with Gasteiger partial charge in [-0.3, -0.25) is 9.38 Å². The van der Waals surface area contributed by atoms with Crippen molar-refractivity contribution in [3.63, 3.8) is 0 Å². The van der Waals surface area contributed by atoms with Gasteiger partial charge in [-0.25, -0.2) is 4.98 Å². The maximum absolute atomic E-state index is 4.80. The van der Waals surface area contributed by atoms with Gasteiger partial charge < -0.3 is 9.13 Å². The van der Waals surface area contributed by atoms with E-state index in [4.69, 9.17) is 4.98 Å². The first-order valence-electron chi connectivity index (χ1n) is 14.5. The van der Waals surface area contributed by atoms with Crippen LogP contribution in [0.4, 0.5) is 0 Å². The maximum Gasteiger partial charge on any atom is 0.145 e. The molecular weight excluding hydrogens is 526 g/mol. The van der Waals surface area contributed by atoms with Crippen LogP contribution in [0.15, 0.2) is 140 Å². The van der Waals surface area contributed by atoms with Crippen molar-refractivity contribution in [3.8, 4) is 11.4 Å². The molecule has 0 amide bonds. The smallest absolute Gasteiger partial charge is 0.145 e. The van der Waals surface area contributed by atoms with Gasteiger partial charge in [0.1, 0.15) is 5.65 Å². The van der Waals surface area contributed by atoms with Crippen LogP contribution >= 0.6 is 0 Å². The Balaban J connectivity index is 1.49. The molecule has 200 valence electrons. The van der Waals surface area contributed by atoms with Gasteiger partial charge in [-0.05, 0) is 60.7 Å². The molecule has 0 bridgehead atoms. The van der Waals surface area contributed by atoms with Crippen molar-refractivity contribution >= 4 is 70.9 Å². The Hall–Kier alpha value is -5.94. The Labute approximate surface area is 245 Å². The molecule has 0 atom stereocenters. The second-order valence-corrected chi connectivity index (χ2v) is 11.1. The van der Waals surface area contributed by atoms with E-state index >= 15 is 0 Å². The Morgan fingerprint density at radius 1 is 0.442 bits per heavy atom. The summed E-state index contributed by atoms with van der Waals surface area (Å²) in [7, 11) is 0. The summed E-state index contributed by atoms with van der Waals surface area (Å²) in [5.41, 5.74) is 9.02. The van der Waals surface area contributed by atoms with E-state index in [0.717, 1.165) is 27.9 Å². The molecule has 5 heteroatoms. The molecule has 5 aromatic carbocycles. The average molecular weight is 550 g/mol. The predicted molar refractivity (Wildman–Crippen MR) is 177 cm³/mol. The third kappa shape index (κ3) is 2.95. The van der Waals surface area contributed by atoms with E-state index in [1.165, 1.54) is 54.4 Å². The standard InChI is InChI=1S/C38H23N5/c1-3-9-24(10-4-1)42-31-14-8-7-13-26(31)29-21-30-34(22-33(29)42)43(25-11-5-2-6-12-25)32-16-15-28-36(37(30)32)27-17-18-39-23-35(27)41-20-19-40-38(28)41/h1-23H. The molecule has 10 rings (SSSR count). The first-order chi connectivity index (χ1) is 21.4. The van der Waals surface area contributed by atoms with Gasteiger partial charge in [0.05, 0.1) is 33.8 Å². The van der Waals surface area contributed by atoms with Crippen LogP contribution in [0.3, 0.4) is 0 Å². The quantitative estimate of drug-likeness (QED) is 0.202. The average Bonchev–Trinajstić information content (AvgIpc) is 3.77. The number of benzene rings is 5. The topological polar surface area (TPSA) is 40.1 Å². The number of hydrogen-bond acceptors (Lipinski definition) is 2. The van der Waals surface area contributed by atoms with Crippen molar-refractivity contribution in [2.24, 2.45) is 0 Å². The second kappa shape index (κ2) is 8.30. The van der Waals surface area contributed by atoms with E-state index in [0.29, 0.717) is 0 Å². The van der Waals surface area contributed by atoms with Gasteiger partial charge in [-0.2, -0.15) is 0 Å². The Morgan fingerprint density at radius 3 is 1.98 bits per heavy atom. The van der Waals surface area contributed by atoms with Crippen molar-refractivity contribution in [1.82, 2.24) is 23.5 Å². The van der Waals surface area contributed by atoms with Gasteiger partial charge in [-0.1, -0.05) is 54.6 Å². The fourth-order valence-electron chi connectivity index (χ4n) is 7.23. The molecule has 0 aliphatic carbocycles. The molecule has 0 fully saturated rings. The van der Waals surface area contributed by atoms with E-state index < -0.39 is 0 Å². The molecule has 0 aliphatic rings. The molecule has 0 aliphatic heterocycles. The number of rotatable bonds is 2. The van der Waals surface area contributed by atoms with Crippen LogP contribution in [-0.4, -0.2) is 23.5 Å². The highest BCUT2D eigenvalue weighted by atomic mass is 15.0. The van der Waals surface area contributed by atoms with Crippen LogP contribution in [0.1, 0.15) is 0 Å². The summed E-state index contributed by atoms with van der Waals surface area (Å²) in [6.45, 7) is 0. The minimum absolute atomic E-state index is 0.944. The third-order valence-electron chi connectivity index (χ3n) is 8.96. The van der Waals surface area contributed by atoms with Gasteiger partial charge in [0.15, 0.2) is 0 Å². The largest absolute Gasteiger partial charge is 0.309 e. The fraction of sp³-hybridized carbons (Fsp3) is 0. The molecule has 0 radical (unpaired) electrons. The minimum Gasteiger partial charge on any atom is -0.309 e. The zero-order valence-corrected chi connectivity index (χ0v) is 23.0. The lowest BCUT2D eigenvalue weighted by Crippen LogP contribution is -1.95. The maximum atomic E-state index is 4.80. The van der Waals surface area contributed by atoms with Gasteiger partial charge in [0.2, 0.25) is 0 Å². The van der Waals surface area contributed by atoms with E-state index in [9.17, 15) is 0 Å². The summed E-state index contributed by atoms with van der Waals surface area (Å²) in [6, 6.07) is 41.5. The Kier molecular flexibility index (Phi) is 4.39. The molecule has 5 aromatic heterocycles. The zero-order valence-electron chi connectivity index (χ0n) is 23.0. The van der Waals surface area contributed by atoms with Crippen molar-refractivity contribution in [3.05, 3.63) is 140 Å². The normalized spacial score (nSPS) is 12.2. The van der Waals surface area contributed by atoms with Crippen molar-refractivity contribution < 1.29 is 0 Å². The number of para-hydroxylation sites is 3. The lowest BCUT2D eigenvalue weighted by Gasteiger charge is -2.11. The molecule has 0 unspecified atom stereocenters. The van der Waals surface area contributed by atoms with Crippen LogP contribution < -0.4 is 0 Å². The highest BCUT2D eigenvalue weighted by molar-refractivity contribution is 6.31. The van der Waals surface area contributed by atoms with Crippen molar-refractivity contribution in [2.75, 3.05) is 0 Å². The molecule has 43 heavy (non-hydrogen) atoms. The fourth-order valence-corrected chi connectivity index (χ4v) is 7.23. The monoisotopic (exact) mass is 549 g/mol. The first-order valence-corrected chi connectivity index (χ1v) is 14.5. The van der Waals surface area contributed by atoms with Crippen molar-refractivity contribution in [2.45, 2.75) is 0 Å². The summed E-state index contributed by atoms with van der Waals surface area (Å²) in [6.07, 6.45) is 7.74. The molecule has 5 nitrogen and oxygen atoms in total.